The van der Waals surface area contributed by atoms with Crippen molar-refractivity contribution in [1.82, 2.24) is 0 Å². The number of carbonyl (C=O) groups excluding carboxylic acids is 1. The van der Waals surface area contributed by atoms with Crippen molar-refractivity contribution in [3.05, 3.63) is 42.0 Å². The number of ether oxygens (including phenoxy) is 2. The molecular weight excluding hydrogens is 358 g/mol. The second kappa shape index (κ2) is 4.08. The number of hydrogen-bond acceptors (Lipinski definition) is 3. The van der Waals surface area contributed by atoms with Crippen LogP contribution in [-0.2, 0) is 14.3 Å². The van der Waals surface area contributed by atoms with Gasteiger partial charge in [-0.25, -0.2) is 0 Å². The molecule has 5 heteroatoms. The van der Waals surface area contributed by atoms with Crippen molar-refractivity contribution in [3.8, 4) is 0 Å². The van der Waals surface area contributed by atoms with Gasteiger partial charge >= 0.3 is 0 Å². The fraction of sp³-hybridized carbons (Fsp3) is 0.500. The molecule has 1 aromatic carbocycles. The third-order valence-electron chi connectivity index (χ3n) is 6.29. The Kier molecular flexibility index (Phi) is 2.33. The van der Waals surface area contributed by atoms with Gasteiger partial charge in [-0.3, -0.25) is 4.79 Å². The summed E-state index contributed by atoms with van der Waals surface area (Å²) in [6.07, 6.45) is 5.27. The molecule has 6 rings (SSSR count). The van der Waals surface area contributed by atoms with E-state index in [4.69, 9.17) is 9.47 Å². The number of alkyl halides is 1. The Morgan fingerprint density at radius 1 is 1.30 bits per heavy atom. The summed E-state index contributed by atoms with van der Waals surface area (Å²) >= 11 is 3.81. The molecule has 5 aliphatic heterocycles. The summed E-state index contributed by atoms with van der Waals surface area (Å²) in [6.45, 7) is 0.677. The van der Waals surface area contributed by atoms with Crippen LogP contribution in [0.2, 0.25) is 0 Å². The molecule has 0 aromatic heterocycles. The summed E-state index contributed by atoms with van der Waals surface area (Å²) < 4.78 is 12.5. The van der Waals surface area contributed by atoms with E-state index in [1.165, 1.54) is 0 Å². The summed E-state index contributed by atoms with van der Waals surface area (Å²) in [4.78, 5) is 15.5. The fourth-order valence-corrected chi connectivity index (χ4v) is 6.19. The first-order valence-electron chi connectivity index (χ1n) is 8.25. The number of carbonyl (C=O) groups is 1. The standard InChI is InChI=1S/C18H16BrNO3/c19-12-8-22-15-10-3-1-2-4-13(10)20-16(14(12)15)18-6-5-9(23-18)7-11(18)17(20)21/h1-6,9,11-12,14-16H,7-8H2. The first-order chi connectivity index (χ1) is 11.2. The number of amides is 1. The van der Waals surface area contributed by atoms with E-state index in [1.807, 2.05) is 17.0 Å². The van der Waals surface area contributed by atoms with Crippen LogP contribution < -0.4 is 4.90 Å². The Balaban J connectivity index is 1.62. The number of rotatable bonds is 0. The van der Waals surface area contributed by atoms with Gasteiger partial charge in [-0.2, -0.15) is 0 Å². The van der Waals surface area contributed by atoms with E-state index >= 15 is 0 Å². The fourth-order valence-electron chi connectivity index (χ4n) is 5.47. The van der Waals surface area contributed by atoms with Crippen LogP contribution in [0.1, 0.15) is 18.1 Å². The zero-order valence-electron chi connectivity index (χ0n) is 12.4. The van der Waals surface area contributed by atoms with Gasteiger partial charge in [-0.15, -0.1) is 0 Å². The molecule has 3 fully saturated rings. The van der Waals surface area contributed by atoms with Crippen molar-refractivity contribution >= 4 is 27.5 Å². The van der Waals surface area contributed by atoms with Gasteiger partial charge in [0, 0.05) is 22.0 Å². The lowest BCUT2D eigenvalue weighted by Gasteiger charge is -2.44. The highest BCUT2D eigenvalue weighted by molar-refractivity contribution is 9.09. The van der Waals surface area contributed by atoms with Crippen molar-refractivity contribution in [3.63, 3.8) is 0 Å². The molecule has 1 amide bonds. The molecule has 0 N–H and O–H groups in total. The molecule has 2 bridgehead atoms. The molecule has 23 heavy (non-hydrogen) atoms. The molecule has 4 nitrogen and oxygen atoms in total. The lowest BCUT2D eigenvalue weighted by atomic mass is 9.73. The van der Waals surface area contributed by atoms with Crippen molar-refractivity contribution in [1.29, 1.82) is 0 Å². The quantitative estimate of drug-likeness (QED) is 0.518. The van der Waals surface area contributed by atoms with Gasteiger partial charge in [0.25, 0.3) is 0 Å². The topological polar surface area (TPSA) is 38.8 Å². The van der Waals surface area contributed by atoms with E-state index in [-0.39, 0.29) is 40.8 Å². The van der Waals surface area contributed by atoms with E-state index in [2.05, 4.69) is 40.2 Å². The minimum Gasteiger partial charge on any atom is -0.372 e. The predicted octanol–water partition coefficient (Wildman–Crippen LogP) is 2.58. The van der Waals surface area contributed by atoms with Crippen molar-refractivity contribution in [2.45, 2.75) is 35.1 Å². The van der Waals surface area contributed by atoms with Gasteiger partial charge < -0.3 is 14.4 Å². The maximum atomic E-state index is 13.2. The van der Waals surface area contributed by atoms with Crippen LogP contribution in [0, 0.1) is 11.8 Å². The van der Waals surface area contributed by atoms with Crippen LogP contribution >= 0.6 is 15.9 Å². The van der Waals surface area contributed by atoms with Gasteiger partial charge in [-0.1, -0.05) is 46.3 Å². The molecule has 1 aromatic rings. The van der Waals surface area contributed by atoms with Crippen LogP contribution in [0.3, 0.4) is 0 Å². The summed E-state index contributed by atoms with van der Waals surface area (Å²) in [6, 6.07) is 8.21. The largest absolute Gasteiger partial charge is 0.372 e. The Morgan fingerprint density at radius 2 is 2.17 bits per heavy atom. The molecule has 7 atom stereocenters. The average molecular weight is 374 g/mol. The van der Waals surface area contributed by atoms with E-state index in [9.17, 15) is 4.79 Å². The zero-order valence-corrected chi connectivity index (χ0v) is 14.0. The highest BCUT2D eigenvalue weighted by Crippen LogP contribution is 2.61. The first kappa shape index (κ1) is 13.2. The molecule has 5 heterocycles. The lowest BCUT2D eigenvalue weighted by molar-refractivity contribution is -0.121. The SMILES string of the molecule is O=C1C2CC3C=CC2(O3)C2C3C(Br)COC3c3ccccc3N12. The number of benzene rings is 1. The minimum absolute atomic E-state index is 0.0236. The first-order valence-corrected chi connectivity index (χ1v) is 9.17. The summed E-state index contributed by atoms with van der Waals surface area (Å²) in [7, 11) is 0. The molecular formula is C18H16BrNO3. The van der Waals surface area contributed by atoms with Crippen LogP contribution in [0.25, 0.3) is 0 Å². The van der Waals surface area contributed by atoms with Crippen LogP contribution in [0.5, 0.6) is 0 Å². The molecule has 3 saturated heterocycles. The number of hydrogen-bond donors (Lipinski definition) is 0. The van der Waals surface area contributed by atoms with Crippen LogP contribution in [0.15, 0.2) is 36.4 Å². The van der Waals surface area contributed by atoms with E-state index in [1.54, 1.807) is 0 Å². The van der Waals surface area contributed by atoms with E-state index in [0.29, 0.717) is 6.61 Å². The molecule has 0 radical (unpaired) electrons. The average Bonchev–Trinajstić information content (AvgIpc) is 3.30. The Hall–Kier alpha value is -1.17. The number of nitrogens with zero attached hydrogens (tertiary/aromatic N) is 1. The molecule has 1 spiro atoms. The van der Waals surface area contributed by atoms with Gasteiger partial charge in [0.05, 0.1) is 30.8 Å². The normalized spacial score (nSPS) is 48.4. The predicted molar refractivity (Wildman–Crippen MR) is 87.5 cm³/mol. The van der Waals surface area contributed by atoms with Gasteiger partial charge in [0.2, 0.25) is 5.91 Å². The number of anilines is 1. The third-order valence-corrected chi connectivity index (χ3v) is 7.16. The molecule has 5 aliphatic rings. The maximum Gasteiger partial charge on any atom is 0.233 e. The molecule has 0 saturated carbocycles. The number of halogens is 1. The Bertz CT molecular complexity index is 764. The van der Waals surface area contributed by atoms with Crippen LogP contribution in [-0.4, -0.2) is 35.1 Å². The molecule has 118 valence electrons. The summed E-state index contributed by atoms with van der Waals surface area (Å²) in [5, 5.41) is 0. The van der Waals surface area contributed by atoms with E-state index < -0.39 is 5.60 Å². The van der Waals surface area contributed by atoms with E-state index in [0.717, 1.165) is 17.7 Å². The molecule has 0 aliphatic carbocycles. The third kappa shape index (κ3) is 1.35. The Labute approximate surface area is 142 Å². The van der Waals surface area contributed by atoms with Gasteiger partial charge in [-0.05, 0) is 12.5 Å². The van der Waals surface area contributed by atoms with Gasteiger partial charge in [0.1, 0.15) is 5.60 Å². The van der Waals surface area contributed by atoms with Crippen LogP contribution in [0.4, 0.5) is 5.69 Å². The Morgan fingerprint density at radius 3 is 3.04 bits per heavy atom. The number of fused-ring (bicyclic) bond motifs is 7. The second-order valence-corrected chi connectivity index (χ2v) is 8.39. The highest BCUT2D eigenvalue weighted by atomic mass is 79.9. The number of para-hydroxylation sites is 1. The second-order valence-electron chi connectivity index (χ2n) is 7.22. The van der Waals surface area contributed by atoms with Crippen molar-refractivity contribution < 1.29 is 14.3 Å². The zero-order chi connectivity index (χ0) is 15.3. The van der Waals surface area contributed by atoms with Crippen molar-refractivity contribution in [2.75, 3.05) is 11.5 Å². The van der Waals surface area contributed by atoms with Crippen molar-refractivity contribution in [2.24, 2.45) is 11.8 Å². The maximum absolute atomic E-state index is 13.2. The lowest BCUT2D eigenvalue weighted by Crippen LogP contribution is -2.54. The van der Waals surface area contributed by atoms with Gasteiger partial charge in [0.15, 0.2) is 0 Å². The molecule has 7 unspecified atom stereocenters. The minimum atomic E-state index is -0.460. The highest BCUT2D eigenvalue weighted by Gasteiger charge is 2.71. The monoisotopic (exact) mass is 373 g/mol. The summed E-state index contributed by atoms with van der Waals surface area (Å²) in [5.41, 5.74) is 1.69. The smallest absolute Gasteiger partial charge is 0.233 e. The summed E-state index contributed by atoms with van der Waals surface area (Å²) in [5.74, 6) is 0.398.